The maximum absolute atomic E-state index is 12.9. The van der Waals surface area contributed by atoms with Gasteiger partial charge in [-0.25, -0.2) is 4.99 Å². The number of hydrogen-bond acceptors (Lipinski definition) is 7. The highest BCUT2D eigenvalue weighted by atomic mass is 32.2. The number of amidine groups is 1. The minimum Gasteiger partial charge on any atom is -0.497 e. The fraction of sp³-hybridized carbons (Fsp3) is 0.179. The fourth-order valence-corrected chi connectivity index (χ4v) is 4.59. The van der Waals surface area contributed by atoms with Crippen LogP contribution in [0.5, 0.6) is 17.2 Å². The average Bonchev–Trinajstić information content (AvgIpc) is 3.22. The number of para-hydroxylation sites is 2. The van der Waals surface area contributed by atoms with Gasteiger partial charge in [-0.05, 0) is 78.9 Å². The molecule has 1 aliphatic heterocycles. The van der Waals surface area contributed by atoms with Crippen LogP contribution in [0.15, 0.2) is 82.7 Å². The quantitative estimate of drug-likeness (QED) is 0.385. The van der Waals surface area contributed by atoms with Gasteiger partial charge < -0.3 is 19.5 Å². The molecule has 0 aliphatic carbocycles. The summed E-state index contributed by atoms with van der Waals surface area (Å²) >= 11 is 1.34. The van der Waals surface area contributed by atoms with Gasteiger partial charge in [0.1, 0.15) is 17.2 Å². The number of nitrogens with zero attached hydrogens (tertiary/aromatic N) is 2. The molecule has 0 atom stereocenters. The Morgan fingerprint density at radius 2 is 1.68 bits per heavy atom. The van der Waals surface area contributed by atoms with Crippen LogP contribution in [0.4, 0.5) is 11.4 Å². The van der Waals surface area contributed by atoms with Crippen molar-refractivity contribution in [2.45, 2.75) is 6.92 Å². The third-order valence-corrected chi connectivity index (χ3v) is 6.44. The van der Waals surface area contributed by atoms with E-state index in [1.54, 1.807) is 43.4 Å². The Bertz CT molecular complexity index is 1320. The Labute approximate surface area is 219 Å². The summed E-state index contributed by atoms with van der Waals surface area (Å²) in [6, 6.07) is 21.7. The van der Waals surface area contributed by atoms with Gasteiger partial charge in [0.15, 0.2) is 11.8 Å². The van der Waals surface area contributed by atoms with Crippen molar-refractivity contribution in [1.29, 1.82) is 0 Å². The van der Waals surface area contributed by atoms with Crippen LogP contribution in [0, 0.1) is 0 Å². The van der Waals surface area contributed by atoms with Crippen LogP contribution in [0.2, 0.25) is 0 Å². The molecule has 4 rings (SSSR count). The minimum atomic E-state index is -0.299. The van der Waals surface area contributed by atoms with E-state index in [-0.39, 0.29) is 18.4 Å². The number of ether oxygens (including phenoxy) is 3. The summed E-state index contributed by atoms with van der Waals surface area (Å²) in [5, 5.41) is 3.40. The van der Waals surface area contributed by atoms with E-state index in [2.05, 4.69) is 10.3 Å². The van der Waals surface area contributed by atoms with E-state index in [0.29, 0.717) is 33.8 Å². The lowest BCUT2D eigenvalue weighted by Crippen LogP contribution is -2.28. The zero-order valence-corrected chi connectivity index (χ0v) is 21.6. The van der Waals surface area contributed by atoms with E-state index in [1.165, 1.54) is 11.8 Å². The molecule has 190 valence electrons. The second-order valence-corrected chi connectivity index (χ2v) is 8.87. The first kappa shape index (κ1) is 25.8. The highest BCUT2D eigenvalue weighted by Crippen LogP contribution is 2.34. The van der Waals surface area contributed by atoms with Crippen LogP contribution in [-0.2, 0) is 9.59 Å². The number of methoxy groups -OCH3 is 2. The zero-order chi connectivity index (χ0) is 26.2. The highest BCUT2D eigenvalue weighted by Gasteiger charge is 2.32. The number of nitrogens with one attached hydrogen (secondary N) is 1. The van der Waals surface area contributed by atoms with E-state index in [9.17, 15) is 9.59 Å². The number of amides is 2. The molecule has 1 aliphatic rings. The number of carbonyl (C=O) groups is 2. The largest absolute Gasteiger partial charge is 0.497 e. The Morgan fingerprint density at radius 1 is 0.973 bits per heavy atom. The maximum Gasteiger partial charge on any atom is 0.266 e. The molecule has 1 heterocycles. The lowest BCUT2D eigenvalue weighted by Gasteiger charge is -2.12. The summed E-state index contributed by atoms with van der Waals surface area (Å²) in [7, 11) is 3.16. The molecule has 0 bridgehead atoms. The summed E-state index contributed by atoms with van der Waals surface area (Å²) in [6.07, 6.45) is 1.82. The maximum atomic E-state index is 12.9. The molecule has 0 unspecified atom stereocenters. The zero-order valence-electron chi connectivity index (χ0n) is 20.8. The molecule has 3 aromatic rings. The van der Waals surface area contributed by atoms with Crippen molar-refractivity contribution in [3.8, 4) is 17.2 Å². The van der Waals surface area contributed by atoms with Gasteiger partial charge in [0, 0.05) is 6.54 Å². The first-order valence-electron chi connectivity index (χ1n) is 11.6. The second kappa shape index (κ2) is 12.1. The van der Waals surface area contributed by atoms with Crippen molar-refractivity contribution < 1.29 is 23.8 Å². The van der Waals surface area contributed by atoms with Gasteiger partial charge in [-0.2, -0.15) is 0 Å². The third kappa shape index (κ3) is 6.50. The van der Waals surface area contributed by atoms with Crippen LogP contribution in [0.3, 0.4) is 0 Å². The third-order valence-electron chi connectivity index (χ3n) is 5.43. The predicted octanol–water partition coefficient (Wildman–Crippen LogP) is 5.35. The molecule has 9 heteroatoms. The van der Waals surface area contributed by atoms with Crippen molar-refractivity contribution in [1.82, 2.24) is 4.90 Å². The Hall–Kier alpha value is -4.24. The summed E-state index contributed by atoms with van der Waals surface area (Å²) in [5.74, 6) is 1.47. The van der Waals surface area contributed by atoms with Crippen molar-refractivity contribution >= 4 is 46.2 Å². The molecule has 0 saturated carbocycles. The van der Waals surface area contributed by atoms with Gasteiger partial charge in [0.05, 0.1) is 30.5 Å². The van der Waals surface area contributed by atoms with Crippen LogP contribution >= 0.6 is 11.8 Å². The standard InChI is InChI=1S/C28H27N3O5S/c1-4-31-27(33)25(37-28(31)29-20-11-15-21(34-2)16-12-20)17-19-9-13-22(14-10-19)36-18-26(32)30-23-7-5-6-8-24(23)35-3/h5-17H,4,18H2,1-3H3,(H,30,32)/b25-17-,29-28?. The van der Waals surface area contributed by atoms with Gasteiger partial charge in [-0.1, -0.05) is 24.3 Å². The van der Waals surface area contributed by atoms with Crippen molar-refractivity contribution in [2.24, 2.45) is 4.99 Å². The number of hydrogen-bond donors (Lipinski definition) is 1. The van der Waals surface area contributed by atoms with Gasteiger partial charge >= 0.3 is 0 Å². The molecule has 2 amide bonds. The number of thioether (sulfide) groups is 1. The lowest BCUT2D eigenvalue weighted by molar-refractivity contribution is -0.122. The summed E-state index contributed by atoms with van der Waals surface area (Å²) in [6.45, 7) is 2.28. The molecule has 1 saturated heterocycles. The van der Waals surface area contributed by atoms with Crippen LogP contribution in [0.25, 0.3) is 6.08 Å². The highest BCUT2D eigenvalue weighted by molar-refractivity contribution is 8.18. The monoisotopic (exact) mass is 517 g/mol. The van der Waals surface area contributed by atoms with E-state index in [0.717, 1.165) is 17.0 Å². The van der Waals surface area contributed by atoms with E-state index in [4.69, 9.17) is 14.2 Å². The normalized spacial score (nSPS) is 15.2. The van der Waals surface area contributed by atoms with Crippen molar-refractivity contribution in [3.05, 3.63) is 83.3 Å². The lowest BCUT2D eigenvalue weighted by atomic mass is 10.2. The van der Waals surface area contributed by atoms with Crippen LogP contribution in [-0.4, -0.2) is 49.3 Å². The summed E-state index contributed by atoms with van der Waals surface area (Å²) in [4.78, 5) is 32.1. The Morgan fingerprint density at radius 3 is 2.35 bits per heavy atom. The van der Waals surface area contributed by atoms with Crippen LogP contribution in [0.1, 0.15) is 12.5 Å². The minimum absolute atomic E-state index is 0.0897. The first-order valence-corrected chi connectivity index (χ1v) is 12.4. The van der Waals surface area contributed by atoms with Crippen LogP contribution < -0.4 is 19.5 Å². The second-order valence-electron chi connectivity index (χ2n) is 7.86. The van der Waals surface area contributed by atoms with E-state index in [1.807, 2.05) is 61.5 Å². The molecule has 8 nitrogen and oxygen atoms in total. The first-order chi connectivity index (χ1) is 18.0. The number of aliphatic imine (C=N–C) groups is 1. The van der Waals surface area contributed by atoms with Crippen molar-refractivity contribution in [2.75, 3.05) is 32.7 Å². The predicted molar refractivity (Wildman–Crippen MR) is 147 cm³/mol. The average molecular weight is 518 g/mol. The number of benzene rings is 3. The Balaban J connectivity index is 1.39. The topological polar surface area (TPSA) is 89.5 Å². The molecule has 1 fully saturated rings. The molecule has 0 spiro atoms. The molecular weight excluding hydrogens is 490 g/mol. The van der Waals surface area contributed by atoms with E-state index >= 15 is 0 Å². The smallest absolute Gasteiger partial charge is 0.266 e. The molecule has 37 heavy (non-hydrogen) atoms. The van der Waals surface area contributed by atoms with Crippen molar-refractivity contribution in [3.63, 3.8) is 0 Å². The molecular formula is C28H27N3O5S. The molecule has 0 aromatic heterocycles. The van der Waals surface area contributed by atoms with Gasteiger partial charge in [0.25, 0.3) is 11.8 Å². The molecule has 1 N–H and O–H groups in total. The fourth-order valence-electron chi connectivity index (χ4n) is 3.53. The number of anilines is 1. The molecule has 3 aromatic carbocycles. The van der Waals surface area contributed by atoms with Gasteiger partial charge in [0.2, 0.25) is 0 Å². The number of carbonyl (C=O) groups excluding carboxylic acids is 2. The van der Waals surface area contributed by atoms with Gasteiger partial charge in [-0.3, -0.25) is 14.5 Å². The number of likely N-dealkylation sites (N-methyl/N-ethyl adjacent to an activating group) is 1. The number of rotatable bonds is 9. The SMILES string of the molecule is CCN1C(=O)/C(=C/c2ccc(OCC(=O)Nc3ccccc3OC)cc2)SC1=Nc1ccc(OC)cc1. The Kier molecular flexibility index (Phi) is 8.48. The molecule has 0 radical (unpaired) electrons. The summed E-state index contributed by atoms with van der Waals surface area (Å²) < 4.78 is 16.0. The van der Waals surface area contributed by atoms with E-state index < -0.39 is 0 Å². The van der Waals surface area contributed by atoms with Gasteiger partial charge in [-0.15, -0.1) is 0 Å². The summed E-state index contributed by atoms with van der Waals surface area (Å²) in [5.41, 5.74) is 2.16.